The Bertz CT molecular complexity index is 564. The molecule has 1 aromatic heterocycles. The minimum Gasteiger partial charge on any atom is -0.330 e. The second-order valence-corrected chi connectivity index (χ2v) is 7.40. The van der Waals surface area contributed by atoms with Crippen molar-refractivity contribution in [2.24, 2.45) is 17.1 Å². The van der Waals surface area contributed by atoms with Crippen LogP contribution in [0.25, 0.3) is 10.1 Å². The molecule has 0 bridgehead atoms. The van der Waals surface area contributed by atoms with Crippen LogP contribution in [0.3, 0.4) is 0 Å². The van der Waals surface area contributed by atoms with Gasteiger partial charge in [-0.3, -0.25) is 0 Å². The molecular weight excluding hydrogens is 262 g/mol. The molecule has 0 radical (unpaired) electrons. The van der Waals surface area contributed by atoms with Crippen molar-refractivity contribution in [3.8, 4) is 0 Å². The molecule has 0 saturated heterocycles. The number of hydrogen-bond donors (Lipinski definition) is 1. The second-order valence-electron chi connectivity index (χ2n) is 6.49. The molecule has 1 aliphatic carbocycles. The van der Waals surface area contributed by atoms with E-state index in [9.17, 15) is 0 Å². The van der Waals surface area contributed by atoms with Gasteiger partial charge in [0, 0.05) is 4.70 Å². The molecule has 1 saturated carbocycles. The van der Waals surface area contributed by atoms with E-state index in [1.165, 1.54) is 54.2 Å². The smallest absolute Gasteiger partial charge is 0.0345 e. The van der Waals surface area contributed by atoms with Crippen LogP contribution in [0.5, 0.6) is 0 Å². The Hall–Kier alpha value is -0.860. The minimum absolute atomic E-state index is 0.357. The molecule has 0 spiro atoms. The number of thiophene rings is 1. The lowest BCUT2D eigenvalue weighted by molar-refractivity contribution is 0.154. The topological polar surface area (TPSA) is 26.0 Å². The molecule has 0 amide bonds. The molecule has 1 nitrogen and oxygen atoms in total. The van der Waals surface area contributed by atoms with E-state index in [2.05, 4.69) is 36.6 Å². The van der Waals surface area contributed by atoms with Crippen molar-refractivity contribution in [3.63, 3.8) is 0 Å². The highest BCUT2D eigenvalue weighted by molar-refractivity contribution is 7.17. The van der Waals surface area contributed by atoms with Crippen LogP contribution >= 0.6 is 11.3 Å². The molecule has 0 unspecified atom stereocenters. The maximum Gasteiger partial charge on any atom is 0.0345 e. The lowest BCUT2D eigenvalue weighted by Crippen LogP contribution is -2.36. The third kappa shape index (κ3) is 2.64. The van der Waals surface area contributed by atoms with Crippen molar-refractivity contribution < 1.29 is 0 Å². The molecule has 1 aliphatic rings. The Morgan fingerprint density at radius 2 is 2.00 bits per heavy atom. The van der Waals surface area contributed by atoms with Crippen molar-refractivity contribution in [3.05, 3.63) is 35.2 Å². The van der Waals surface area contributed by atoms with Gasteiger partial charge in [-0.15, -0.1) is 11.3 Å². The van der Waals surface area contributed by atoms with E-state index >= 15 is 0 Å². The molecule has 0 aliphatic heterocycles. The van der Waals surface area contributed by atoms with Gasteiger partial charge in [0.05, 0.1) is 0 Å². The average molecular weight is 287 g/mol. The van der Waals surface area contributed by atoms with Gasteiger partial charge in [-0.1, -0.05) is 31.5 Å². The molecule has 20 heavy (non-hydrogen) atoms. The van der Waals surface area contributed by atoms with E-state index < -0.39 is 0 Å². The quantitative estimate of drug-likeness (QED) is 0.842. The summed E-state index contributed by atoms with van der Waals surface area (Å²) in [4.78, 5) is 0. The summed E-state index contributed by atoms with van der Waals surface area (Å²) >= 11 is 1.88. The van der Waals surface area contributed by atoms with Crippen LogP contribution < -0.4 is 5.73 Å². The lowest BCUT2D eigenvalue weighted by atomic mass is 9.67. The first kappa shape index (κ1) is 14.1. The highest BCUT2D eigenvalue weighted by Crippen LogP contribution is 2.43. The van der Waals surface area contributed by atoms with Gasteiger partial charge in [-0.2, -0.15) is 0 Å². The summed E-state index contributed by atoms with van der Waals surface area (Å²) in [5.41, 5.74) is 8.07. The SMILES string of the molecule is CCC1CCC(CN)(Cc2csc3ccccc23)CC1. The fourth-order valence-corrected chi connectivity index (χ4v) is 4.69. The van der Waals surface area contributed by atoms with E-state index in [0.29, 0.717) is 5.41 Å². The summed E-state index contributed by atoms with van der Waals surface area (Å²) in [7, 11) is 0. The molecule has 3 rings (SSSR count). The Balaban J connectivity index is 1.81. The van der Waals surface area contributed by atoms with E-state index in [1.54, 1.807) is 0 Å². The molecule has 1 heterocycles. The lowest BCUT2D eigenvalue weighted by Gasteiger charge is -2.39. The number of nitrogens with two attached hydrogens (primary N) is 1. The first-order valence-electron chi connectivity index (χ1n) is 7.91. The Labute approximate surface area is 126 Å². The van der Waals surface area contributed by atoms with Crippen molar-refractivity contribution in [1.29, 1.82) is 0 Å². The standard InChI is InChI=1S/C18H25NS/c1-2-14-7-9-18(13-19,10-8-14)11-15-12-20-17-6-4-3-5-16(15)17/h3-6,12,14H,2,7-11,13,19H2,1H3. The molecule has 108 valence electrons. The van der Waals surface area contributed by atoms with Gasteiger partial charge >= 0.3 is 0 Å². The van der Waals surface area contributed by atoms with Gasteiger partial charge < -0.3 is 5.73 Å². The number of rotatable bonds is 4. The van der Waals surface area contributed by atoms with Crippen LogP contribution in [-0.2, 0) is 6.42 Å². The molecule has 2 heteroatoms. The van der Waals surface area contributed by atoms with Gasteiger partial charge in [0.2, 0.25) is 0 Å². The monoisotopic (exact) mass is 287 g/mol. The summed E-state index contributed by atoms with van der Waals surface area (Å²) in [6.07, 6.45) is 7.87. The van der Waals surface area contributed by atoms with Crippen molar-refractivity contribution in [2.45, 2.75) is 45.4 Å². The summed E-state index contributed by atoms with van der Waals surface area (Å²) < 4.78 is 1.41. The van der Waals surface area contributed by atoms with Gasteiger partial charge in [0.15, 0.2) is 0 Å². The zero-order chi connectivity index (χ0) is 14.0. The van der Waals surface area contributed by atoms with Crippen LogP contribution in [0, 0.1) is 11.3 Å². The molecule has 0 atom stereocenters. The molecule has 2 aromatic rings. The molecular formula is C18H25NS. The summed E-state index contributed by atoms with van der Waals surface area (Å²) in [6, 6.07) is 8.78. The van der Waals surface area contributed by atoms with Crippen molar-refractivity contribution in [1.82, 2.24) is 0 Å². The van der Waals surface area contributed by atoms with Crippen molar-refractivity contribution >= 4 is 21.4 Å². The van der Waals surface area contributed by atoms with E-state index in [1.807, 2.05) is 11.3 Å². The van der Waals surface area contributed by atoms with E-state index in [0.717, 1.165) is 12.5 Å². The number of fused-ring (bicyclic) bond motifs is 1. The highest BCUT2D eigenvalue weighted by atomic mass is 32.1. The van der Waals surface area contributed by atoms with Gasteiger partial charge in [-0.05, 0) is 72.4 Å². The van der Waals surface area contributed by atoms with E-state index in [4.69, 9.17) is 5.73 Å². The maximum absolute atomic E-state index is 6.19. The van der Waals surface area contributed by atoms with Crippen LogP contribution in [0.2, 0.25) is 0 Å². The first-order valence-corrected chi connectivity index (χ1v) is 8.79. The zero-order valence-electron chi connectivity index (χ0n) is 12.4. The number of benzene rings is 1. The largest absolute Gasteiger partial charge is 0.330 e. The maximum atomic E-state index is 6.19. The summed E-state index contributed by atoms with van der Waals surface area (Å²) in [5.74, 6) is 0.939. The third-order valence-electron chi connectivity index (χ3n) is 5.30. The van der Waals surface area contributed by atoms with Gasteiger partial charge in [-0.25, -0.2) is 0 Å². The zero-order valence-corrected chi connectivity index (χ0v) is 13.2. The minimum atomic E-state index is 0.357. The predicted molar refractivity (Wildman–Crippen MR) is 89.3 cm³/mol. The predicted octanol–water partition coefficient (Wildman–Crippen LogP) is 4.99. The van der Waals surface area contributed by atoms with Crippen LogP contribution in [-0.4, -0.2) is 6.54 Å². The molecule has 2 N–H and O–H groups in total. The summed E-state index contributed by atoms with van der Waals surface area (Å²) in [5, 5.41) is 3.80. The summed E-state index contributed by atoms with van der Waals surface area (Å²) in [6.45, 7) is 3.17. The average Bonchev–Trinajstić information content (AvgIpc) is 2.91. The Kier molecular flexibility index (Phi) is 4.13. The highest BCUT2D eigenvalue weighted by Gasteiger charge is 2.34. The van der Waals surface area contributed by atoms with Crippen LogP contribution in [0.1, 0.15) is 44.6 Å². The first-order chi connectivity index (χ1) is 9.76. The normalized spacial score (nSPS) is 27.0. The second kappa shape index (κ2) is 5.87. The third-order valence-corrected chi connectivity index (χ3v) is 6.32. The Morgan fingerprint density at radius 1 is 1.25 bits per heavy atom. The fourth-order valence-electron chi connectivity index (χ4n) is 3.72. The van der Waals surface area contributed by atoms with Crippen LogP contribution in [0.15, 0.2) is 29.6 Å². The molecule has 1 aromatic carbocycles. The number of hydrogen-bond acceptors (Lipinski definition) is 2. The van der Waals surface area contributed by atoms with Crippen molar-refractivity contribution in [2.75, 3.05) is 6.54 Å². The van der Waals surface area contributed by atoms with Gasteiger partial charge in [0.1, 0.15) is 0 Å². The Morgan fingerprint density at radius 3 is 2.70 bits per heavy atom. The van der Waals surface area contributed by atoms with E-state index in [-0.39, 0.29) is 0 Å². The fraction of sp³-hybridized carbons (Fsp3) is 0.556. The van der Waals surface area contributed by atoms with Gasteiger partial charge in [0.25, 0.3) is 0 Å². The van der Waals surface area contributed by atoms with Crippen LogP contribution in [0.4, 0.5) is 0 Å². The molecule has 1 fully saturated rings.